The molecule has 3 aliphatic heterocycles. The first kappa shape index (κ1) is 30.9. The molecule has 45 heavy (non-hydrogen) atoms. The van der Waals surface area contributed by atoms with Crippen LogP contribution >= 0.6 is 0 Å². The van der Waals surface area contributed by atoms with Crippen molar-refractivity contribution in [3.05, 3.63) is 69.9 Å². The minimum Gasteiger partial charge on any atom is -0.299 e. The molecule has 2 aromatic heterocycles. The number of likely N-dealkylation sites (tertiary alicyclic amines) is 1. The summed E-state index contributed by atoms with van der Waals surface area (Å²) in [5.74, 6) is 0.564. The van der Waals surface area contributed by atoms with Crippen LogP contribution in [0.5, 0.6) is 0 Å². The predicted octanol–water partition coefficient (Wildman–Crippen LogP) is 6.03. The number of benzene rings is 1. The van der Waals surface area contributed by atoms with Gasteiger partial charge in [0.05, 0.1) is 29.6 Å². The lowest BCUT2D eigenvalue weighted by Gasteiger charge is -2.55. The lowest BCUT2D eigenvalue weighted by atomic mass is 9.57. The van der Waals surface area contributed by atoms with Crippen LogP contribution in [0.4, 0.5) is 17.6 Å². The number of piperidine rings is 1. The van der Waals surface area contributed by atoms with Crippen molar-refractivity contribution in [2.24, 2.45) is 5.92 Å². The van der Waals surface area contributed by atoms with Crippen LogP contribution in [-0.2, 0) is 18.1 Å². The molecule has 0 spiro atoms. The van der Waals surface area contributed by atoms with Crippen LogP contribution in [0.1, 0.15) is 75.0 Å². The molecule has 244 valence electrons. The van der Waals surface area contributed by atoms with Crippen molar-refractivity contribution >= 4 is 5.52 Å². The van der Waals surface area contributed by atoms with Crippen molar-refractivity contribution in [2.45, 2.75) is 88.8 Å². The number of rotatable bonds is 5. The van der Waals surface area contributed by atoms with Crippen molar-refractivity contribution in [3.63, 3.8) is 0 Å². The van der Waals surface area contributed by atoms with Gasteiger partial charge < -0.3 is 0 Å². The minimum atomic E-state index is -4.63. The number of pyridine rings is 1. The van der Waals surface area contributed by atoms with E-state index in [0.717, 1.165) is 55.1 Å². The number of hydrazine groups is 1. The summed E-state index contributed by atoms with van der Waals surface area (Å²) in [5, 5.41) is 5.07. The van der Waals surface area contributed by atoms with Gasteiger partial charge in [-0.15, -0.1) is 0 Å². The summed E-state index contributed by atoms with van der Waals surface area (Å²) in [4.78, 5) is 18.2. The van der Waals surface area contributed by atoms with Crippen molar-refractivity contribution < 1.29 is 17.6 Å². The second kappa shape index (κ2) is 11.8. The Bertz CT molecular complexity index is 1590. The fraction of sp³-hybridized carbons (Fsp3) is 0.618. The number of nitrogens with zero attached hydrogens (tertiary/aromatic N) is 6. The van der Waals surface area contributed by atoms with Crippen LogP contribution in [0.2, 0.25) is 0 Å². The van der Waals surface area contributed by atoms with Gasteiger partial charge in [0.15, 0.2) is 0 Å². The third-order valence-corrected chi connectivity index (χ3v) is 10.7. The molecule has 1 aliphatic carbocycles. The Morgan fingerprint density at radius 3 is 2.40 bits per heavy atom. The lowest BCUT2D eigenvalue weighted by molar-refractivity contribution is -0.136. The Morgan fingerprint density at radius 2 is 1.69 bits per heavy atom. The number of fused-ring (bicyclic) bond motifs is 2. The Morgan fingerprint density at radius 1 is 0.956 bits per heavy atom. The van der Waals surface area contributed by atoms with Crippen molar-refractivity contribution in [1.29, 1.82) is 0 Å². The van der Waals surface area contributed by atoms with E-state index in [2.05, 4.69) is 35.0 Å². The molecular formula is C34H44F4N6O. The average molecular weight is 629 g/mol. The van der Waals surface area contributed by atoms with Crippen molar-refractivity contribution in [2.75, 3.05) is 39.9 Å². The number of halogens is 4. The quantitative estimate of drug-likeness (QED) is 0.323. The third-order valence-electron chi connectivity index (χ3n) is 10.7. The van der Waals surface area contributed by atoms with E-state index in [0.29, 0.717) is 43.1 Å². The first-order valence-electron chi connectivity index (χ1n) is 16.6. The summed E-state index contributed by atoms with van der Waals surface area (Å²) in [7, 11) is 2.20. The van der Waals surface area contributed by atoms with Gasteiger partial charge in [0.25, 0.3) is 0 Å². The zero-order valence-corrected chi connectivity index (χ0v) is 26.3. The molecule has 0 amide bonds. The summed E-state index contributed by atoms with van der Waals surface area (Å²) in [6.07, 6.45) is 5.17. The molecule has 4 fully saturated rings. The Labute approximate surface area is 262 Å². The zero-order chi connectivity index (χ0) is 31.5. The second-order valence-corrected chi connectivity index (χ2v) is 14.0. The second-order valence-electron chi connectivity index (χ2n) is 14.0. The lowest BCUT2D eigenvalue weighted by Crippen LogP contribution is -2.60. The highest BCUT2D eigenvalue weighted by atomic mass is 19.4. The van der Waals surface area contributed by atoms with E-state index < -0.39 is 23.6 Å². The number of imidazole rings is 1. The first-order chi connectivity index (χ1) is 21.5. The summed E-state index contributed by atoms with van der Waals surface area (Å²) in [6.45, 7) is 6.44. The summed E-state index contributed by atoms with van der Waals surface area (Å²) >= 11 is 0. The molecule has 4 aliphatic rings. The molecule has 7 nitrogen and oxygen atoms in total. The minimum absolute atomic E-state index is 0.141. The topological polar surface area (TPSA) is 39.4 Å². The normalized spacial score (nSPS) is 28.2. The Balaban J connectivity index is 1.27. The van der Waals surface area contributed by atoms with Gasteiger partial charge >= 0.3 is 11.9 Å². The molecule has 1 aromatic carbocycles. The molecule has 0 radical (unpaired) electrons. The molecule has 3 aromatic rings. The molecule has 0 N–H and O–H groups in total. The average Bonchev–Trinajstić information content (AvgIpc) is 3.47. The molecule has 5 heterocycles. The summed E-state index contributed by atoms with van der Waals surface area (Å²) in [5.41, 5.74) is 0.438. The van der Waals surface area contributed by atoms with E-state index in [9.17, 15) is 22.4 Å². The van der Waals surface area contributed by atoms with E-state index in [1.807, 2.05) is 23.1 Å². The first-order valence-corrected chi connectivity index (χ1v) is 16.6. The number of alkyl halides is 4. The van der Waals surface area contributed by atoms with E-state index in [4.69, 9.17) is 0 Å². The number of hydrogen-bond donors (Lipinski definition) is 0. The zero-order valence-electron chi connectivity index (χ0n) is 26.3. The fourth-order valence-corrected chi connectivity index (χ4v) is 8.70. The third kappa shape index (κ3) is 5.64. The van der Waals surface area contributed by atoms with Gasteiger partial charge in [-0.05, 0) is 80.8 Å². The van der Waals surface area contributed by atoms with Crippen LogP contribution in [0, 0.1) is 5.92 Å². The van der Waals surface area contributed by atoms with E-state index in [1.165, 1.54) is 36.2 Å². The standard InChI is InChI=1S/C34H44F4N6O/c1-24-18-33(19-24,31-39(2)23-41-12-5-3-4-6-13-44(31)41)26-8-7-9-28(17-26)42-22-30-29(34(36,37)38)16-25(21-43(30)32(42)45)20-40-14-10-27(35)11-15-40/h7-9,16-17,21-22,24,27,31H,3-6,10-15,18-20,23H2,1-2H3/t24-,31?,33+. The van der Waals surface area contributed by atoms with Crippen LogP contribution in [0.3, 0.4) is 0 Å². The van der Waals surface area contributed by atoms with Gasteiger partial charge in [-0.2, -0.15) is 13.2 Å². The molecule has 1 unspecified atom stereocenters. The van der Waals surface area contributed by atoms with Crippen LogP contribution in [0.15, 0.2) is 47.5 Å². The molecular weight excluding hydrogens is 584 g/mol. The summed E-state index contributed by atoms with van der Waals surface area (Å²) in [6, 6.07) is 9.07. The van der Waals surface area contributed by atoms with Gasteiger partial charge in [-0.25, -0.2) is 19.2 Å². The highest BCUT2D eigenvalue weighted by Crippen LogP contribution is 2.54. The van der Waals surface area contributed by atoms with Crippen LogP contribution < -0.4 is 5.69 Å². The van der Waals surface area contributed by atoms with Crippen LogP contribution in [0.25, 0.3) is 11.2 Å². The largest absolute Gasteiger partial charge is 0.418 e. The number of hydrogen-bond acceptors (Lipinski definition) is 5. The molecule has 3 saturated heterocycles. The SMILES string of the molecule is CN1CN2CCCCCCN2C1[C@]1(c2cccc(-n3cc4c(C(F)(F)F)cc(CN5CCC(F)CC5)cn4c3=O)c2)C[C@H](C)C1. The van der Waals surface area contributed by atoms with Gasteiger partial charge in [0.1, 0.15) is 6.17 Å². The van der Waals surface area contributed by atoms with Gasteiger partial charge in [0.2, 0.25) is 0 Å². The highest BCUT2D eigenvalue weighted by Gasteiger charge is 2.56. The van der Waals surface area contributed by atoms with E-state index >= 15 is 0 Å². The van der Waals surface area contributed by atoms with Gasteiger partial charge in [-0.1, -0.05) is 31.9 Å². The van der Waals surface area contributed by atoms with Crippen LogP contribution in [-0.4, -0.2) is 81.0 Å². The smallest absolute Gasteiger partial charge is 0.299 e. The van der Waals surface area contributed by atoms with Gasteiger partial charge in [0, 0.05) is 50.5 Å². The van der Waals surface area contributed by atoms with Crippen molar-refractivity contribution in [1.82, 2.24) is 28.8 Å². The number of likely N-dealkylation sites (N-methyl/N-ethyl adjacent to an activating group) is 1. The Kier molecular flexibility index (Phi) is 8.11. The van der Waals surface area contributed by atoms with E-state index in [1.54, 1.807) is 0 Å². The predicted molar refractivity (Wildman–Crippen MR) is 166 cm³/mol. The molecule has 0 bridgehead atoms. The van der Waals surface area contributed by atoms with Crippen molar-refractivity contribution in [3.8, 4) is 5.69 Å². The van der Waals surface area contributed by atoms with E-state index in [-0.39, 0.29) is 23.6 Å². The Hall–Kier alpha value is -2.73. The summed E-state index contributed by atoms with van der Waals surface area (Å²) < 4.78 is 59.3. The molecule has 1 atom stereocenters. The monoisotopic (exact) mass is 628 g/mol. The fourth-order valence-electron chi connectivity index (χ4n) is 8.70. The maximum atomic E-state index is 14.4. The maximum absolute atomic E-state index is 14.4. The highest BCUT2D eigenvalue weighted by molar-refractivity contribution is 5.58. The van der Waals surface area contributed by atoms with Gasteiger partial charge in [-0.3, -0.25) is 18.8 Å². The maximum Gasteiger partial charge on any atom is 0.418 e. The molecule has 7 rings (SSSR count). The number of aromatic nitrogens is 2. The molecule has 1 saturated carbocycles. The molecule has 11 heteroatoms.